The molecule has 1 rings (SSSR count). The van der Waals surface area contributed by atoms with Gasteiger partial charge in [-0.25, -0.2) is 8.78 Å². The maximum atomic E-state index is 13.5. The third-order valence-corrected chi connectivity index (χ3v) is 2.06. The van der Waals surface area contributed by atoms with Gasteiger partial charge in [-0.2, -0.15) is 0 Å². The Morgan fingerprint density at radius 1 is 1.50 bits per heavy atom. The van der Waals surface area contributed by atoms with E-state index in [1.165, 1.54) is 12.1 Å². The highest BCUT2D eigenvalue weighted by atomic mass is 19.3. The summed E-state index contributed by atoms with van der Waals surface area (Å²) in [7, 11) is 0. The molecule has 0 aliphatic carbocycles. The van der Waals surface area contributed by atoms with Crippen molar-refractivity contribution in [1.29, 1.82) is 0 Å². The van der Waals surface area contributed by atoms with E-state index in [9.17, 15) is 13.6 Å². The molecule has 0 heterocycles. The first kappa shape index (κ1) is 12.4. The van der Waals surface area contributed by atoms with Crippen LogP contribution in [0.25, 0.3) is 0 Å². The minimum Gasteiger partial charge on any atom is -0.508 e. The number of hydrogen-bond donors (Lipinski definition) is 3. The Morgan fingerprint density at radius 3 is 2.62 bits per heavy atom. The van der Waals surface area contributed by atoms with Gasteiger partial charge in [0.25, 0.3) is 5.92 Å². The van der Waals surface area contributed by atoms with Crippen molar-refractivity contribution in [3.8, 4) is 5.75 Å². The van der Waals surface area contributed by atoms with Crippen LogP contribution in [0.15, 0.2) is 24.3 Å². The van der Waals surface area contributed by atoms with E-state index in [1.54, 1.807) is 0 Å². The highest BCUT2D eigenvalue weighted by Crippen LogP contribution is 2.33. The van der Waals surface area contributed by atoms with Crippen molar-refractivity contribution in [2.24, 2.45) is 5.73 Å². The maximum Gasteiger partial charge on any atom is 0.320 e. The van der Waals surface area contributed by atoms with E-state index >= 15 is 0 Å². The first-order valence-electron chi connectivity index (χ1n) is 4.48. The molecular weight excluding hydrogens is 220 g/mol. The molecule has 0 aliphatic rings. The van der Waals surface area contributed by atoms with Crippen molar-refractivity contribution in [3.05, 3.63) is 29.8 Å². The van der Waals surface area contributed by atoms with Crippen LogP contribution in [0.5, 0.6) is 5.75 Å². The normalized spacial score (nSPS) is 13.4. The summed E-state index contributed by atoms with van der Waals surface area (Å²) in [5.74, 6) is -5.17. The van der Waals surface area contributed by atoms with Crippen LogP contribution in [0, 0.1) is 0 Å². The van der Waals surface area contributed by atoms with E-state index in [-0.39, 0.29) is 5.75 Å². The quantitative estimate of drug-likeness (QED) is 0.729. The Bertz CT molecular complexity index is 395. The number of rotatable bonds is 4. The Labute approximate surface area is 90.3 Å². The zero-order valence-electron chi connectivity index (χ0n) is 8.23. The van der Waals surface area contributed by atoms with Gasteiger partial charge in [0.15, 0.2) is 0 Å². The summed E-state index contributed by atoms with van der Waals surface area (Å²) in [5.41, 5.74) is 4.58. The van der Waals surface area contributed by atoms with Crippen LogP contribution in [-0.2, 0) is 10.7 Å². The second kappa shape index (κ2) is 4.44. The minimum absolute atomic E-state index is 0.305. The summed E-state index contributed by atoms with van der Waals surface area (Å²) < 4.78 is 27.0. The molecule has 0 saturated carbocycles. The number of halogens is 2. The van der Waals surface area contributed by atoms with Crippen molar-refractivity contribution in [2.75, 3.05) is 0 Å². The van der Waals surface area contributed by atoms with Crippen molar-refractivity contribution in [3.63, 3.8) is 0 Å². The van der Waals surface area contributed by atoms with Gasteiger partial charge in [-0.05, 0) is 12.1 Å². The molecule has 1 atom stereocenters. The second-order valence-corrected chi connectivity index (χ2v) is 3.40. The van der Waals surface area contributed by atoms with E-state index in [1.807, 2.05) is 0 Å². The Morgan fingerprint density at radius 2 is 2.12 bits per heavy atom. The van der Waals surface area contributed by atoms with Gasteiger partial charge >= 0.3 is 5.97 Å². The molecular formula is C10H11F2NO3. The third-order valence-electron chi connectivity index (χ3n) is 2.06. The number of carboxylic acid groups (broad SMARTS) is 1. The SMILES string of the molecule is NC(CC(F)(F)c1cccc(O)c1)C(=O)O. The average Bonchev–Trinajstić information content (AvgIpc) is 2.17. The van der Waals surface area contributed by atoms with E-state index in [0.29, 0.717) is 0 Å². The van der Waals surface area contributed by atoms with Gasteiger partial charge in [-0.15, -0.1) is 0 Å². The molecule has 4 N–H and O–H groups in total. The summed E-state index contributed by atoms with van der Waals surface area (Å²) in [5, 5.41) is 17.5. The molecule has 1 aromatic rings. The van der Waals surface area contributed by atoms with Crippen molar-refractivity contribution < 1.29 is 23.8 Å². The zero-order valence-corrected chi connectivity index (χ0v) is 8.23. The Kier molecular flexibility index (Phi) is 3.44. The predicted octanol–water partition coefficient (Wildman–Crippen LogP) is 1.29. The number of hydrogen-bond acceptors (Lipinski definition) is 3. The lowest BCUT2D eigenvalue weighted by atomic mass is 10.0. The molecule has 0 bridgehead atoms. The van der Waals surface area contributed by atoms with E-state index in [4.69, 9.17) is 15.9 Å². The summed E-state index contributed by atoms with van der Waals surface area (Å²) in [6, 6.07) is 2.85. The summed E-state index contributed by atoms with van der Waals surface area (Å²) in [4.78, 5) is 10.4. The number of alkyl halides is 2. The van der Waals surface area contributed by atoms with Gasteiger partial charge in [-0.3, -0.25) is 4.79 Å². The van der Waals surface area contributed by atoms with Crippen LogP contribution in [-0.4, -0.2) is 22.2 Å². The van der Waals surface area contributed by atoms with Crippen molar-refractivity contribution >= 4 is 5.97 Å². The summed E-state index contributed by atoms with van der Waals surface area (Å²) in [6.07, 6.45) is -1.01. The van der Waals surface area contributed by atoms with Crippen molar-refractivity contribution in [1.82, 2.24) is 0 Å². The topological polar surface area (TPSA) is 83.5 Å². The van der Waals surface area contributed by atoms with E-state index in [2.05, 4.69) is 0 Å². The fraction of sp³-hybridized carbons (Fsp3) is 0.300. The number of phenolic OH excluding ortho intramolecular Hbond substituents is 1. The molecule has 0 radical (unpaired) electrons. The van der Waals surface area contributed by atoms with Gasteiger partial charge < -0.3 is 15.9 Å². The molecule has 1 aromatic carbocycles. The fourth-order valence-corrected chi connectivity index (χ4v) is 1.21. The standard InChI is InChI=1S/C10H11F2NO3/c11-10(12,5-8(13)9(15)16)6-2-1-3-7(14)4-6/h1-4,8,14H,5,13H2,(H,15,16). The van der Waals surface area contributed by atoms with E-state index in [0.717, 1.165) is 12.1 Å². The first-order valence-corrected chi connectivity index (χ1v) is 4.48. The average molecular weight is 231 g/mol. The third kappa shape index (κ3) is 2.90. The summed E-state index contributed by atoms with van der Waals surface area (Å²) in [6.45, 7) is 0. The van der Waals surface area contributed by atoms with Crippen LogP contribution in [0.4, 0.5) is 8.78 Å². The molecule has 0 amide bonds. The molecule has 88 valence electrons. The van der Waals surface area contributed by atoms with Gasteiger partial charge in [0.2, 0.25) is 0 Å². The van der Waals surface area contributed by atoms with Gasteiger partial charge in [-0.1, -0.05) is 12.1 Å². The molecule has 0 spiro atoms. The van der Waals surface area contributed by atoms with Gasteiger partial charge in [0.05, 0.1) is 0 Å². The summed E-state index contributed by atoms with van der Waals surface area (Å²) >= 11 is 0. The minimum atomic E-state index is -3.38. The second-order valence-electron chi connectivity index (χ2n) is 3.40. The largest absolute Gasteiger partial charge is 0.508 e. The molecule has 16 heavy (non-hydrogen) atoms. The maximum absolute atomic E-state index is 13.5. The number of nitrogens with two attached hydrogens (primary N) is 1. The number of aromatic hydroxyl groups is 1. The van der Waals surface area contributed by atoms with Crippen LogP contribution < -0.4 is 5.73 Å². The van der Waals surface area contributed by atoms with Crippen molar-refractivity contribution in [2.45, 2.75) is 18.4 Å². The lowest BCUT2D eigenvalue weighted by Crippen LogP contribution is -2.35. The Balaban J connectivity index is 2.89. The van der Waals surface area contributed by atoms with Crippen LogP contribution >= 0.6 is 0 Å². The van der Waals surface area contributed by atoms with Gasteiger partial charge in [0.1, 0.15) is 11.8 Å². The molecule has 1 unspecified atom stereocenters. The highest BCUT2D eigenvalue weighted by Gasteiger charge is 2.36. The number of phenols is 1. The zero-order chi connectivity index (χ0) is 12.3. The fourth-order valence-electron chi connectivity index (χ4n) is 1.21. The monoisotopic (exact) mass is 231 g/mol. The molecule has 0 fully saturated rings. The number of carboxylic acids is 1. The predicted molar refractivity (Wildman–Crippen MR) is 52.2 cm³/mol. The van der Waals surface area contributed by atoms with E-state index < -0.39 is 29.9 Å². The lowest BCUT2D eigenvalue weighted by molar-refractivity contribution is -0.141. The molecule has 0 aromatic heterocycles. The number of aliphatic carboxylic acids is 1. The number of carbonyl (C=O) groups is 1. The first-order chi connectivity index (χ1) is 7.33. The Hall–Kier alpha value is -1.69. The molecule has 4 nitrogen and oxygen atoms in total. The van der Waals surface area contributed by atoms with Crippen LogP contribution in [0.1, 0.15) is 12.0 Å². The molecule has 0 saturated heterocycles. The lowest BCUT2D eigenvalue weighted by Gasteiger charge is -2.18. The molecule has 0 aliphatic heterocycles. The van der Waals surface area contributed by atoms with Gasteiger partial charge in [0, 0.05) is 12.0 Å². The highest BCUT2D eigenvalue weighted by molar-refractivity contribution is 5.73. The van der Waals surface area contributed by atoms with Crippen LogP contribution in [0.3, 0.4) is 0 Å². The smallest absolute Gasteiger partial charge is 0.320 e. The van der Waals surface area contributed by atoms with Crippen LogP contribution in [0.2, 0.25) is 0 Å². The molecule has 6 heteroatoms. The number of benzene rings is 1.